The smallest absolute Gasteiger partial charge is 0.471 e. The largest absolute Gasteiger partial charge is 0.479 e. The highest BCUT2D eigenvalue weighted by molar-refractivity contribution is 5.89. The molecule has 1 aliphatic heterocycles. The minimum absolute atomic E-state index is 0.0157. The normalized spacial score (nSPS) is 19.8. The lowest BCUT2D eigenvalue weighted by molar-refractivity contribution is -0.196. The third-order valence-corrected chi connectivity index (χ3v) is 2.91. The Morgan fingerprint density at radius 1 is 1.29 bits per heavy atom. The van der Waals surface area contributed by atoms with Crippen molar-refractivity contribution in [3.63, 3.8) is 0 Å². The SMILES string of the molecule is CN(C(=O)C(F)(F)F)C1(C(=O)O)CCOCC1. The number of nitrogens with zero attached hydrogens (tertiary/aromatic N) is 1. The average molecular weight is 255 g/mol. The molecule has 0 radical (unpaired) electrons. The summed E-state index contributed by atoms with van der Waals surface area (Å²) in [4.78, 5) is 22.5. The van der Waals surface area contributed by atoms with Crippen molar-refractivity contribution in [2.45, 2.75) is 24.6 Å². The molecule has 1 aliphatic rings. The minimum atomic E-state index is -5.07. The van der Waals surface area contributed by atoms with Gasteiger partial charge in [-0.15, -0.1) is 0 Å². The molecule has 98 valence electrons. The molecule has 17 heavy (non-hydrogen) atoms. The molecule has 1 N–H and O–H groups in total. The standard InChI is InChI=1S/C9H12F3NO4/c1-13(6(14)9(10,11)12)8(7(15)16)2-4-17-5-3-8/h2-5H2,1H3,(H,15,16). The van der Waals surface area contributed by atoms with E-state index in [1.54, 1.807) is 0 Å². The van der Waals surface area contributed by atoms with Crippen LogP contribution in [0.15, 0.2) is 0 Å². The molecule has 1 rings (SSSR count). The average Bonchev–Trinajstić information content (AvgIpc) is 2.26. The van der Waals surface area contributed by atoms with Crippen molar-refractivity contribution < 1.29 is 32.6 Å². The Kier molecular flexibility index (Phi) is 3.65. The molecule has 0 unspecified atom stereocenters. The molecule has 0 aromatic heterocycles. The summed E-state index contributed by atoms with van der Waals surface area (Å²) in [6, 6.07) is 0. The van der Waals surface area contributed by atoms with E-state index in [1.807, 2.05) is 0 Å². The Hall–Kier alpha value is -1.31. The van der Waals surface area contributed by atoms with E-state index >= 15 is 0 Å². The molecule has 0 aromatic carbocycles. The maximum absolute atomic E-state index is 12.3. The van der Waals surface area contributed by atoms with Crippen molar-refractivity contribution in [3.05, 3.63) is 0 Å². The van der Waals surface area contributed by atoms with E-state index < -0.39 is 23.6 Å². The molecular weight excluding hydrogens is 243 g/mol. The molecule has 1 amide bonds. The van der Waals surface area contributed by atoms with Gasteiger partial charge in [0.25, 0.3) is 0 Å². The van der Waals surface area contributed by atoms with E-state index in [9.17, 15) is 22.8 Å². The quantitative estimate of drug-likeness (QED) is 0.786. The molecule has 0 saturated carbocycles. The number of halogens is 3. The van der Waals surface area contributed by atoms with Gasteiger partial charge in [0.15, 0.2) is 0 Å². The lowest BCUT2D eigenvalue weighted by Crippen LogP contribution is -2.60. The van der Waals surface area contributed by atoms with Gasteiger partial charge in [0, 0.05) is 33.1 Å². The van der Waals surface area contributed by atoms with Gasteiger partial charge in [-0.25, -0.2) is 4.79 Å². The monoisotopic (exact) mass is 255 g/mol. The van der Waals surface area contributed by atoms with Gasteiger partial charge in [-0.1, -0.05) is 0 Å². The Labute approximate surface area is 95.1 Å². The second-order valence-corrected chi connectivity index (χ2v) is 3.81. The predicted molar refractivity (Wildman–Crippen MR) is 49.2 cm³/mol. The number of hydrogen-bond acceptors (Lipinski definition) is 3. The first-order valence-corrected chi connectivity index (χ1v) is 4.88. The maximum Gasteiger partial charge on any atom is 0.471 e. The first-order valence-electron chi connectivity index (χ1n) is 4.88. The second-order valence-electron chi connectivity index (χ2n) is 3.81. The van der Waals surface area contributed by atoms with E-state index in [1.165, 1.54) is 0 Å². The van der Waals surface area contributed by atoms with Crippen LogP contribution in [0.1, 0.15) is 12.8 Å². The van der Waals surface area contributed by atoms with Crippen LogP contribution in [-0.4, -0.2) is 53.9 Å². The van der Waals surface area contributed by atoms with Crippen LogP contribution in [0.2, 0.25) is 0 Å². The second kappa shape index (κ2) is 4.52. The van der Waals surface area contributed by atoms with Crippen molar-refractivity contribution in [2.24, 2.45) is 0 Å². The molecule has 1 heterocycles. The number of amides is 1. The molecular formula is C9H12F3NO4. The number of carboxylic acid groups (broad SMARTS) is 1. The number of hydrogen-bond donors (Lipinski definition) is 1. The van der Waals surface area contributed by atoms with Gasteiger partial charge in [-0.3, -0.25) is 4.79 Å². The number of carbonyl (C=O) groups is 2. The van der Waals surface area contributed by atoms with Crippen molar-refractivity contribution >= 4 is 11.9 Å². The molecule has 8 heteroatoms. The maximum atomic E-state index is 12.3. The fourth-order valence-electron chi connectivity index (χ4n) is 1.79. The van der Waals surface area contributed by atoms with E-state index in [0.29, 0.717) is 0 Å². The topological polar surface area (TPSA) is 66.8 Å². The highest BCUT2D eigenvalue weighted by Gasteiger charge is 2.52. The van der Waals surface area contributed by atoms with Gasteiger partial charge in [-0.05, 0) is 0 Å². The number of aliphatic carboxylic acids is 1. The summed E-state index contributed by atoms with van der Waals surface area (Å²) < 4.78 is 41.7. The van der Waals surface area contributed by atoms with Crippen LogP contribution in [0.25, 0.3) is 0 Å². The van der Waals surface area contributed by atoms with Gasteiger partial charge < -0.3 is 14.7 Å². The Bertz CT molecular complexity index is 323. The van der Waals surface area contributed by atoms with Crippen LogP contribution in [-0.2, 0) is 14.3 Å². The first kappa shape index (κ1) is 13.8. The van der Waals surface area contributed by atoms with Crippen LogP contribution in [0.4, 0.5) is 13.2 Å². The van der Waals surface area contributed by atoms with Gasteiger partial charge in [0.1, 0.15) is 5.54 Å². The fourth-order valence-corrected chi connectivity index (χ4v) is 1.79. The third kappa shape index (κ3) is 2.51. The zero-order chi connectivity index (χ0) is 13.3. The van der Waals surface area contributed by atoms with Gasteiger partial charge in [0.05, 0.1) is 0 Å². The highest BCUT2D eigenvalue weighted by atomic mass is 19.4. The van der Waals surface area contributed by atoms with E-state index in [2.05, 4.69) is 0 Å². The Morgan fingerprint density at radius 2 is 1.76 bits per heavy atom. The summed E-state index contributed by atoms with van der Waals surface area (Å²) in [5.74, 6) is -3.59. The van der Waals surface area contributed by atoms with Crippen LogP contribution >= 0.6 is 0 Å². The molecule has 0 aromatic rings. The van der Waals surface area contributed by atoms with Crippen LogP contribution < -0.4 is 0 Å². The summed E-state index contributed by atoms with van der Waals surface area (Å²) >= 11 is 0. The highest BCUT2D eigenvalue weighted by Crippen LogP contribution is 2.31. The van der Waals surface area contributed by atoms with Crippen LogP contribution in [0.5, 0.6) is 0 Å². The summed E-state index contributed by atoms with van der Waals surface area (Å²) in [6.07, 6.45) is -5.38. The van der Waals surface area contributed by atoms with E-state index in [4.69, 9.17) is 9.84 Å². The van der Waals surface area contributed by atoms with Gasteiger partial charge >= 0.3 is 18.1 Å². The van der Waals surface area contributed by atoms with Crippen molar-refractivity contribution in [3.8, 4) is 0 Å². The number of alkyl halides is 3. The Balaban J connectivity index is 2.99. The molecule has 1 fully saturated rings. The van der Waals surface area contributed by atoms with Crippen LogP contribution in [0.3, 0.4) is 0 Å². The number of ether oxygens (including phenoxy) is 1. The van der Waals surface area contributed by atoms with E-state index in [-0.39, 0.29) is 31.0 Å². The molecule has 0 bridgehead atoms. The predicted octanol–water partition coefficient (Wildman–Crippen LogP) is 0.641. The van der Waals surface area contributed by atoms with Crippen LogP contribution in [0, 0.1) is 0 Å². The first-order chi connectivity index (χ1) is 7.72. The summed E-state index contributed by atoms with van der Waals surface area (Å²) in [5.41, 5.74) is -1.83. The lowest BCUT2D eigenvalue weighted by Gasteiger charge is -2.40. The summed E-state index contributed by atoms with van der Waals surface area (Å²) in [7, 11) is 0.856. The molecule has 0 atom stereocenters. The van der Waals surface area contributed by atoms with E-state index in [0.717, 1.165) is 7.05 Å². The third-order valence-electron chi connectivity index (χ3n) is 2.91. The molecule has 0 aliphatic carbocycles. The lowest BCUT2D eigenvalue weighted by atomic mass is 9.88. The van der Waals surface area contributed by atoms with Crippen molar-refractivity contribution in [1.82, 2.24) is 4.90 Å². The molecule has 5 nitrogen and oxygen atoms in total. The number of likely N-dealkylation sites (N-methyl/N-ethyl adjacent to an activating group) is 1. The van der Waals surface area contributed by atoms with Gasteiger partial charge in [-0.2, -0.15) is 13.2 Å². The molecule has 0 spiro atoms. The zero-order valence-electron chi connectivity index (χ0n) is 9.08. The van der Waals surface area contributed by atoms with Gasteiger partial charge in [0.2, 0.25) is 0 Å². The number of rotatable bonds is 2. The summed E-state index contributed by atoms with van der Waals surface area (Å²) in [5, 5.41) is 9.06. The zero-order valence-corrected chi connectivity index (χ0v) is 9.08. The number of carboxylic acids is 1. The number of carbonyl (C=O) groups excluding carboxylic acids is 1. The molecule has 1 saturated heterocycles. The Morgan fingerprint density at radius 3 is 2.12 bits per heavy atom. The fraction of sp³-hybridized carbons (Fsp3) is 0.778. The summed E-state index contributed by atoms with van der Waals surface area (Å²) in [6.45, 7) is 0.0313. The van der Waals surface area contributed by atoms with Crippen molar-refractivity contribution in [1.29, 1.82) is 0 Å². The van der Waals surface area contributed by atoms with Crippen molar-refractivity contribution in [2.75, 3.05) is 20.3 Å². The minimum Gasteiger partial charge on any atom is -0.479 e.